The molecule has 4 heteroatoms. The molecule has 0 saturated carbocycles. The molecule has 0 amide bonds. The maximum Gasteiger partial charge on any atom is 0.104 e. The van der Waals surface area contributed by atoms with Gasteiger partial charge in [0.1, 0.15) is 6.34 Å². The van der Waals surface area contributed by atoms with Crippen molar-refractivity contribution in [1.29, 1.82) is 0 Å². The van der Waals surface area contributed by atoms with Crippen molar-refractivity contribution in [1.82, 2.24) is 5.43 Å². The third-order valence-corrected chi connectivity index (χ3v) is 0.345. The molecule has 0 heterocycles. The van der Waals surface area contributed by atoms with E-state index in [2.05, 4.69) is 20.8 Å². The first-order valence-electron chi connectivity index (χ1n) is 1.86. The monoisotopic (exact) mass is 100 g/mol. The molecule has 0 unspecified atom stereocenters. The molecule has 7 heavy (non-hydrogen) atoms. The lowest BCUT2D eigenvalue weighted by Crippen LogP contribution is -1.97. The van der Waals surface area contributed by atoms with Crippen LogP contribution in [0.3, 0.4) is 0 Å². The van der Waals surface area contributed by atoms with Crippen LogP contribution in [0.5, 0.6) is 0 Å². The fraction of sp³-hybridized carbons (Fsp3) is 0.667. The van der Waals surface area contributed by atoms with Gasteiger partial charge in [-0.05, 0) is 0 Å². The van der Waals surface area contributed by atoms with E-state index in [9.17, 15) is 0 Å². The van der Waals surface area contributed by atoms with Crippen molar-refractivity contribution >= 4 is 6.34 Å². The molecular formula is C3H8N4. The Hall–Kier alpha value is -0.930. The smallest absolute Gasteiger partial charge is 0.104 e. The Morgan fingerprint density at radius 3 is 2.57 bits per heavy atom. The summed E-state index contributed by atoms with van der Waals surface area (Å²) in [4.78, 5) is 3.58. The Bertz CT molecular complexity index is 65.0. The van der Waals surface area contributed by atoms with Gasteiger partial charge in [-0.1, -0.05) is 5.22 Å². The van der Waals surface area contributed by atoms with Gasteiger partial charge in [-0.3, -0.25) is 4.99 Å². The molecule has 0 saturated heterocycles. The zero-order valence-corrected chi connectivity index (χ0v) is 4.42. The fourth-order valence-electron chi connectivity index (χ4n) is 0.141. The summed E-state index contributed by atoms with van der Waals surface area (Å²) in [6.45, 7) is 0. The minimum absolute atomic E-state index is 1.45. The van der Waals surface area contributed by atoms with E-state index < -0.39 is 0 Å². The van der Waals surface area contributed by atoms with Gasteiger partial charge in [0.25, 0.3) is 0 Å². The normalized spacial score (nSPS) is 11.1. The second-order valence-corrected chi connectivity index (χ2v) is 0.816. The predicted molar refractivity (Wildman–Crippen MR) is 28.3 cm³/mol. The van der Waals surface area contributed by atoms with Crippen LogP contribution in [0.4, 0.5) is 0 Å². The van der Waals surface area contributed by atoms with E-state index in [4.69, 9.17) is 0 Å². The zero-order chi connectivity index (χ0) is 5.54. The van der Waals surface area contributed by atoms with E-state index in [0.29, 0.717) is 0 Å². The summed E-state index contributed by atoms with van der Waals surface area (Å²) in [7, 11) is 3.23. The molecule has 40 valence electrons. The van der Waals surface area contributed by atoms with E-state index in [-0.39, 0.29) is 0 Å². The van der Waals surface area contributed by atoms with Crippen molar-refractivity contribution in [2.24, 2.45) is 15.3 Å². The highest BCUT2D eigenvalue weighted by molar-refractivity contribution is 5.52. The van der Waals surface area contributed by atoms with Crippen LogP contribution in [-0.2, 0) is 0 Å². The molecule has 0 fully saturated rings. The molecular weight excluding hydrogens is 92.1 g/mol. The first-order chi connectivity index (χ1) is 3.41. The molecule has 0 radical (unpaired) electrons. The largest absolute Gasteiger partial charge is 0.277 e. The minimum Gasteiger partial charge on any atom is -0.277 e. The van der Waals surface area contributed by atoms with Gasteiger partial charge in [-0.2, -0.15) is 5.11 Å². The van der Waals surface area contributed by atoms with E-state index in [1.165, 1.54) is 6.34 Å². The Morgan fingerprint density at radius 1 is 1.43 bits per heavy atom. The summed E-state index contributed by atoms with van der Waals surface area (Å²) in [6, 6.07) is 0. The molecule has 0 rings (SSSR count). The number of rotatable bonds is 2. The summed E-state index contributed by atoms with van der Waals surface area (Å²) >= 11 is 0. The average Bonchev–Trinajstić information content (AvgIpc) is 1.69. The van der Waals surface area contributed by atoms with Gasteiger partial charge in [0.2, 0.25) is 0 Å². The minimum atomic E-state index is 1.45. The van der Waals surface area contributed by atoms with Crippen molar-refractivity contribution in [3.05, 3.63) is 0 Å². The molecule has 0 aromatic heterocycles. The standard InChI is InChI=1S/C3H8N4/c1-4-3-6-7-5-2/h3H,1-2H3,(H,4,5,6). The van der Waals surface area contributed by atoms with Crippen molar-refractivity contribution < 1.29 is 0 Å². The SMILES string of the molecule is CN=CNN=NC. The zero-order valence-electron chi connectivity index (χ0n) is 4.42. The number of nitrogens with one attached hydrogen (secondary N) is 1. The lowest BCUT2D eigenvalue weighted by molar-refractivity contribution is 0.907. The first kappa shape index (κ1) is 6.07. The molecule has 0 aromatic rings. The quantitative estimate of drug-likeness (QED) is 0.229. The number of hydrogen-bond acceptors (Lipinski definition) is 3. The van der Waals surface area contributed by atoms with Crippen LogP contribution in [0.1, 0.15) is 0 Å². The van der Waals surface area contributed by atoms with Gasteiger partial charge in [0.15, 0.2) is 0 Å². The van der Waals surface area contributed by atoms with Crippen LogP contribution >= 0.6 is 0 Å². The highest BCUT2D eigenvalue weighted by Gasteiger charge is 1.57. The highest BCUT2D eigenvalue weighted by Crippen LogP contribution is 1.54. The Kier molecular flexibility index (Phi) is 4.40. The Morgan fingerprint density at radius 2 is 2.14 bits per heavy atom. The number of hydrogen-bond donors (Lipinski definition) is 1. The maximum atomic E-state index is 3.58. The first-order valence-corrected chi connectivity index (χ1v) is 1.86. The van der Waals surface area contributed by atoms with E-state index in [1.54, 1.807) is 14.1 Å². The Balaban J connectivity index is 2.98. The molecule has 0 aliphatic heterocycles. The summed E-state index contributed by atoms with van der Waals surface area (Å²) in [5, 5.41) is 6.78. The van der Waals surface area contributed by atoms with Crippen molar-refractivity contribution in [2.75, 3.05) is 14.1 Å². The number of aliphatic imine (C=N–C) groups is 1. The summed E-state index contributed by atoms with van der Waals surface area (Å²) in [5.74, 6) is 0. The van der Waals surface area contributed by atoms with Crippen LogP contribution in [0.25, 0.3) is 0 Å². The molecule has 0 bridgehead atoms. The van der Waals surface area contributed by atoms with Crippen LogP contribution in [0, 0.1) is 0 Å². The van der Waals surface area contributed by atoms with Gasteiger partial charge >= 0.3 is 0 Å². The highest BCUT2D eigenvalue weighted by atomic mass is 15.4. The second-order valence-electron chi connectivity index (χ2n) is 0.816. The fourth-order valence-corrected chi connectivity index (χ4v) is 0.141. The third kappa shape index (κ3) is 5.07. The third-order valence-electron chi connectivity index (χ3n) is 0.345. The lowest BCUT2D eigenvalue weighted by Gasteiger charge is -1.78. The molecule has 0 spiro atoms. The topological polar surface area (TPSA) is 49.1 Å². The predicted octanol–water partition coefficient (Wildman–Crippen LogP) is 0.231. The van der Waals surface area contributed by atoms with Gasteiger partial charge in [-0.25, -0.2) is 5.43 Å². The molecule has 4 nitrogen and oxygen atoms in total. The number of nitrogens with zero attached hydrogens (tertiary/aromatic N) is 3. The van der Waals surface area contributed by atoms with Crippen molar-refractivity contribution in [2.45, 2.75) is 0 Å². The summed E-state index contributed by atoms with van der Waals surface area (Å²) < 4.78 is 0. The van der Waals surface area contributed by atoms with E-state index in [0.717, 1.165) is 0 Å². The van der Waals surface area contributed by atoms with Gasteiger partial charge < -0.3 is 0 Å². The van der Waals surface area contributed by atoms with Crippen LogP contribution < -0.4 is 5.43 Å². The summed E-state index contributed by atoms with van der Waals surface area (Å²) in [6.07, 6.45) is 1.45. The molecule has 0 atom stereocenters. The van der Waals surface area contributed by atoms with Gasteiger partial charge in [-0.15, -0.1) is 0 Å². The van der Waals surface area contributed by atoms with Crippen LogP contribution in [-0.4, -0.2) is 20.4 Å². The van der Waals surface area contributed by atoms with Crippen LogP contribution in [0.15, 0.2) is 15.3 Å². The molecule has 0 aliphatic rings. The van der Waals surface area contributed by atoms with Crippen molar-refractivity contribution in [3.63, 3.8) is 0 Å². The maximum absolute atomic E-state index is 3.58. The van der Waals surface area contributed by atoms with Crippen molar-refractivity contribution in [3.8, 4) is 0 Å². The molecule has 0 aliphatic carbocycles. The molecule has 1 N–H and O–H groups in total. The lowest BCUT2D eigenvalue weighted by atomic mass is 11.2. The van der Waals surface area contributed by atoms with E-state index >= 15 is 0 Å². The Labute approximate surface area is 42.3 Å². The second kappa shape index (κ2) is 5.07. The van der Waals surface area contributed by atoms with Crippen LogP contribution in [0.2, 0.25) is 0 Å². The van der Waals surface area contributed by atoms with E-state index in [1.807, 2.05) is 0 Å². The average molecular weight is 100 g/mol. The van der Waals surface area contributed by atoms with Gasteiger partial charge in [0.05, 0.1) is 7.05 Å². The molecule has 0 aromatic carbocycles. The van der Waals surface area contributed by atoms with Gasteiger partial charge in [0, 0.05) is 7.05 Å². The summed E-state index contributed by atoms with van der Waals surface area (Å²) in [5.41, 5.74) is 2.45.